The van der Waals surface area contributed by atoms with E-state index in [0.29, 0.717) is 103 Å². The van der Waals surface area contributed by atoms with E-state index in [1.807, 2.05) is 46.4 Å². The Kier molecular flexibility index (Phi) is 73.5. The fourth-order valence-corrected chi connectivity index (χ4v) is 6.01. The number of ether oxygens (including phenoxy) is 4. The number of nitrogens with two attached hydrogens (primary N) is 1. The van der Waals surface area contributed by atoms with Crippen molar-refractivity contribution < 1.29 is 52.8 Å². The molecule has 0 atom stereocenters. The van der Waals surface area contributed by atoms with Gasteiger partial charge in [0.2, 0.25) is 24.6 Å². The fourth-order valence-electron chi connectivity index (χ4n) is 6.01. The molecule has 0 aromatic carbocycles. The summed E-state index contributed by atoms with van der Waals surface area (Å²) < 4.78 is 20.4. The van der Waals surface area contributed by atoms with Crippen molar-refractivity contribution in [2.24, 2.45) is 5.73 Å². The number of nitrogens with one attached hydrogen (secondary N) is 3. The summed E-state index contributed by atoms with van der Waals surface area (Å²) in [5.41, 5.74) is 4.50. The maximum absolute atomic E-state index is 11.9. The number of nitrogens with zero attached hydrogens (tertiary/aromatic N) is 1. The number of carboxylic acid groups (broad SMARTS) is 1. The van der Waals surface area contributed by atoms with Gasteiger partial charge in [-0.2, -0.15) is 0 Å². The quantitative estimate of drug-likeness (QED) is 0.0293. The molecule has 0 spiro atoms. The van der Waals surface area contributed by atoms with Crippen LogP contribution in [0.15, 0.2) is 0 Å². The van der Waals surface area contributed by atoms with Gasteiger partial charge in [-0.3, -0.25) is 28.8 Å². The molecule has 1 aliphatic rings. The molecule has 0 aromatic rings. The summed E-state index contributed by atoms with van der Waals surface area (Å²) in [5, 5.41) is 16.3. The maximum atomic E-state index is 11.9. The molecule has 0 saturated carbocycles. The first-order chi connectivity index (χ1) is 31.8. The number of aliphatic carboxylic acids is 1. The van der Waals surface area contributed by atoms with Gasteiger partial charge >= 0.3 is 5.97 Å². The van der Waals surface area contributed by atoms with E-state index in [2.05, 4.69) is 21.7 Å². The molecule has 1 rings (SSSR count). The molecule has 16 nitrogen and oxygen atoms in total. The van der Waals surface area contributed by atoms with Gasteiger partial charge in [0.15, 0.2) is 0 Å². The molecule has 1 heterocycles. The number of carboxylic acids is 1. The van der Waals surface area contributed by atoms with E-state index in [4.69, 9.17) is 24.1 Å². The second-order valence-corrected chi connectivity index (χ2v) is 14.6. The summed E-state index contributed by atoms with van der Waals surface area (Å²) in [4.78, 5) is 66.5. The Morgan fingerprint density at radius 3 is 1.37 bits per heavy atom. The lowest BCUT2D eigenvalue weighted by Gasteiger charge is -2.14. The number of unbranched alkanes of at least 4 members (excludes halogenated alkanes) is 15. The maximum Gasteiger partial charge on any atom is 0.303 e. The summed E-state index contributed by atoms with van der Waals surface area (Å²) >= 11 is 0. The van der Waals surface area contributed by atoms with Crippen molar-refractivity contribution in [1.82, 2.24) is 20.9 Å². The van der Waals surface area contributed by atoms with Crippen LogP contribution < -0.4 is 21.7 Å². The fraction of sp³-hybridized carbons (Fsp3) is 0.878. The molecule has 1 aliphatic heterocycles. The van der Waals surface area contributed by atoms with Gasteiger partial charge < -0.3 is 50.6 Å². The zero-order valence-electron chi connectivity index (χ0n) is 42.7. The molecule has 388 valence electrons. The van der Waals surface area contributed by atoms with Crippen molar-refractivity contribution in [3.8, 4) is 0 Å². The minimum absolute atomic E-state index is 0.0181. The van der Waals surface area contributed by atoms with Gasteiger partial charge in [-0.25, -0.2) is 0 Å². The Balaban J connectivity index is -0.000000278. The van der Waals surface area contributed by atoms with Crippen molar-refractivity contribution in [2.75, 3.05) is 92.6 Å². The van der Waals surface area contributed by atoms with Crippen molar-refractivity contribution in [3.63, 3.8) is 0 Å². The molecular weight excluding hydrogens is 835 g/mol. The lowest BCUT2D eigenvalue weighted by Crippen LogP contribution is -2.29. The molecule has 16 heteroatoms. The Hall–Kier alpha value is -3.18. The molecule has 1 fully saturated rings. The number of Topliss-reactive ketones (excluding diaryl/α,β-unsaturated/α-hetero) is 1. The first kappa shape index (κ1) is 70.8. The monoisotopic (exact) mass is 936 g/mol. The summed E-state index contributed by atoms with van der Waals surface area (Å²) in [6.07, 6.45) is 25.9. The highest BCUT2D eigenvalue weighted by Crippen LogP contribution is 2.15. The number of hydrogen-bond donors (Lipinski definition) is 5. The molecular formula is C49H101N5O11. The zero-order chi connectivity index (χ0) is 49.7. The molecule has 0 aromatic heterocycles. The standard InChI is InChI=1S/C22H41NO3.C15H28N2O5.C7H15NO3.2C2H6.CH5N/c24-21(23-19-15-16-20-23)17-13-11-9-7-5-3-1-2-4-6-8-10-12-14-18-22(25)26;1-2-14(19)6-4-3-5-7-17-15(20)12-22-11-10-21-9-8-16-13-18;1-2-10-5-6-11-4-3-8-7-9;3*1-2/h1-20H2,(H,25,26);13H,2-12H2,1H3,(H,16,18)(H,17,20);7H,2-6H2,1H3,(H,8,9);2*1-2H3;2H2,1H3. The van der Waals surface area contributed by atoms with Crippen LogP contribution in [0.5, 0.6) is 0 Å². The van der Waals surface area contributed by atoms with E-state index in [9.17, 15) is 28.8 Å². The predicted molar refractivity (Wildman–Crippen MR) is 264 cm³/mol. The van der Waals surface area contributed by atoms with Gasteiger partial charge in [-0.1, -0.05) is 118 Å². The van der Waals surface area contributed by atoms with E-state index >= 15 is 0 Å². The highest BCUT2D eigenvalue weighted by atomic mass is 16.5. The first-order valence-electron chi connectivity index (χ1n) is 25.3. The predicted octanol–water partition coefficient (Wildman–Crippen LogP) is 7.77. The molecule has 0 unspecified atom stereocenters. The molecule has 0 bridgehead atoms. The summed E-state index contributed by atoms with van der Waals surface area (Å²) in [5.74, 6) is -0.140. The number of amides is 4. The largest absolute Gasteiger partial charge is 0.481 e. The van der Waals surface area contributed by atoms with Crippen molar-refractivity contribution in [2.45, 2.75) is 189 Å². The molecule has 4 amide bonds. The van der Waals surface area contributed by atoms with Crippen LogP contribution in [0.2, 0.25) is 0 Å². The third-order valence-corrected chi connectivity index (χ3v) is 9.47. The summed E-state index contributed by atoms with van der Waals surface area (Å²) in [6, 6.07) is 0. The Morgan fingerprint density at radius 1 is 0.538 bits per heavy atom. The molecule has 0 radical (unpaired) electrons. The molecule has 0 aliphatic carbocycles. The van der Waals surface area contributed by atoms with E-state index in [0.717, 1.165) is 64.6 Å². The van der Waals surface area contributed by atoms with Crippen LogP contribution in [-0.2, 0) is 47.7 Å². The van der Waals surface area contributed by atoms with Crippen LogP contribution in [0.25, 0.3) is 0 Å². The Bertz CT molecular complexity index is 990. The number of rotatable bonds is 41. The van der Waals surface area contributed by atoms with Crippen molar-refractivity contribution in [3.05, 3.63) is 0 Å². The van der Waals surface area contributed by atoms with E-state index in [1.54, 1.807) is 0 Å². The Labute approximate surface area is 396 Å². The van der Waals surface area contributed by atoms with Crippen LogP contribution in [0.1, 0.15) is 189 Å². The lowest BCUT2D eigenvalue weighted by molar-refractivity contribution is -0.137. The van der Waals surface area contributed by atoms with Gasteiger partial charge in [-0.15, -0.1) is 0 Å². The highest BCUT2D eigenvalue weighted by molar-refractivity contribution is 5.78. The van der Waals surface area contributed by atoms with E-state index in [-0.39, 0.29) is 12.5 Å². The van der Waals surface area contributed by atoms with E-state index in [1.165, 1.54) is 90.5 Å². The van der Waals surface area contributed by atoms with E-state index < -0.39 is 5.97 Å². The smallest absolute Gasteiger partial charge is 0.303 e. The van der Waals surface area contributed by atoms with Gasteiger partial charge in [0.1, 0.15) is 12.4 Å². The minimum atomic E-state index is -0.666. The average Bonchev–Trinajstić information content (AvgIpc) is 3.88. The van der Waals surface area contributed by atoms with Crippen molar-refractivity contribution in [1.29, 1.82) is 0 Å². The van der Waals surface area contributed by atoms with Crippen LogP contribution >= 0.6 is 0 Å². The van der Waals surface area contributed by atoms with Gasteiger partial charge in [0.05, 0.1) is 39.6 Å². The van der Waals surface area contributed by atoms with Crippen LogP contribution in [0.3, 0.4) is 0 Å². The number of ketones is 1. The highest BCUT2D eigenvalue weighted by Gasteiger charge is 2.16. The number of hydrogen-bond acceptors (Lipinski definition) is 11. The molecule has 65 heavy (non-hydrogen) atoms. The molecule has 1 saturated heterocycles. The van der Waals surface area contributed by atoms with Gasteiger partial charge in [0, 0.05) is 65.0 Å². The lowest BCUT2D eigenvalue weighted by atomic mass is 10.0. The van der Waals surface area contributed by atoms with Crippen LogP contribution in [0.4, 0.5) is 0 Å². The SMILES string of the molecule is CC.CC.CCC(=O)CCCCCNC(=O)COCCOCCNC=O.CCOCCOCCNC=O.CN.O=C(O)CCCCCCCCCCCCCCCCC(=O)N1CCCC1. The number of carbonyl (C=O) groups excluding carboxylic acids is 5. The second-order valence-electron chi connectivity index (χ2n) is 14.6. The van der Waals surface area contributed by atoms with Crippen LogP contribution in [-0.4, -0.2) is 139 Å². The van der Waals surface area contributed by atoms with Crippen LogP contribution in [0, 0.1) is 0 Å². The number of carbonyl (C=O) groups is 6. The topological polar surface area (TPSA) is 225 Å². The first-order valence-corrected chi connectivity index (χ1v) is 25.3. The zero-order valence-corrected chi connectivity index (χ0v) is 42.7. The van der Waals surface area contributed by atoms with Gasteiger partial charge in [0.25, 0.3) is 0 Å². The second kappa shape index (κ2) is 67.4. The minimum Gasteiger partial charge on any atom is -0.481 e. The molecule has 6 N–H and O–H groups in total. The Morgan fingerprint density at radius 2 is 0.938 bits per heavy atom. The normalized spacial score (nSPS) is 11.0. The third kappa shape index (κ3) is 67.5. The summed E-state index contributed by atoms with van der Waals surface area (Å²) in [7, 11) is 1.50. The third-order valence-electron chi connectivity index (χ3n) is 9.47. The summed E-state index contributed by atoms with van der Waals surface area (Å²) in [6.45, 7) is 19.1. The van der Waals surface area contributed by atoms with Gasteiger partial charge in [-0.05, 0) is 52.5 Å². The number of likely N-dealkylation sites (tertiary alicyclic amines) is 1. The van der Waals surface area contributed by atoms with Crippen molar-refractivity contribution >= 4 is 36.4 Å². The average molecular weight is 936 g/mol.